The lowest BCUT2D eigenvalue weighted by molar-refractivity contribution is 0.189. The number of nitrogens with one attached hydrogen (secondary N) is 1. The standard InChI is InChI=1S/C20H29N5O2/c1-15-7-9-24(13-17(15)25-10-8-22-14-25)20(21-2)23-12-16-5-6-18(26-3)19(11-16)27-4/h5-6,8,10-11,14-15,17H,7,9,12-13H2,1-4H3,(H,21,23). The molecule has 0 bridgehead atoms. The van der Waals surface area contributed by atoms with Crippen LogP contribution in [0, 0.1) is 5.92 Å². The van der Waals surface area contributed by atoms with Gasteiger partial charge in [-0.1, -0.05) is 13.0 Å². The highest BCUT2D eigenvalue weighted by Crippen LogP contribution is 2.28. The first kappa shape index (κ1) is 19.1. The van der Waals surface area contributed by atoms with E-state index in [4.69, 9.17) is 9.47 Å². The molecule has 1 aromatic carbocycles. The van der Waals surface area contributed by atoms with Gasteiger partial charge in [0.25, 0.3) is 0 Å². The van der Waals surface area contributed by atoms with E-state index in [0.717, 1.165) is 42.5 Å². The molecular formula is C20H29N5O2. The molecule has 1 aliphatic heterocycles. The van der Waals surface area contributed by atoms with Crippen LogP contribution >= 0.6 is 0 Å². The molecule has 2 aromatic rings. The first-order valence-corrected chi connectivity index (χ1v) is 9.30. The van der Waals surface area contributed by atoms with Crippen molar-refractivity contribution in [2.75, 3.05) is 34.4 Å². The minimum atomic E-state index is 0.404. The van der Waals surface area contributed by atoms with Crippen LogP contribution in [0.4, 0.5) is 0 Å². The van der Waals surface area contributed by atoms with E-state index in [-0.39, 0.29) is 0 Å². The van der Waals surface area contributed by atoms with Crippen LogP contribution < -0.4 is 14.8 Å². The predicted molar refractivity (Wildman–Crippen MR) is 106 cm³/mol. The fourth-order valence-electron chi connectivity index (χ4n) is 3.60. The van der Waals surface area contributed by atoms with Gasteiger partial charge in [0.1, 0.15) is 0 Å². The molecular weight excluding hydrogens is 342 g/mol. The van der Waals surface area contributed by atoms with Crippen molar-refractivity contribution in [1.29, 1.82) is 0 Å². The Morgan fingerprint density at radius 2 is 2.11 bits per heavy atom. The predicted octanol–water partition coefficient (Wildman–Crippen LogP) is 2.56. The average Bonchev–Trinajstić information content (AvgIpc) is 3.23. The molecule has 1 aromatic heterocycles. The molecule has 0 radical (unpaired) electrons. The van der Waals surface area contributed by atoms with E-state index in [1.54, 1.807) is 14.2 Å². The zero-order valence-corrected chi connectivity index (χ0v) is 16.6. The Labute approximate surface area is 161 Å². The lowest BCUT2D eigenvalue weighted by atomic mass is 9.93. The molecule has 1 N–H and O–H groups in total. The van der Waals surface area contributed by atoms with E-state index in [2.05, 4.69) is 31.7 Å². The van der Waals surface area contributed by atoms with Gasteiger partial charge in [0.2, 0.25) is 0 Å². The lowest BCUT2D eigenvalue weighted by Crippen LogP contribution is -2.48. The largest absolute Gasteiger partial charge is 0.493 e. The lowest BCUT2D eigenvalue weighted by Gasteiger charge is -2.39. The molecule has 1 fully saturated rings. The Bertz CT molecular complexity index is 760. The number of benzene rings is 1. The highest BCUT2D eigenvalue weighted by Gasteiger charge is 2.28. The van der Waals surface area contributed by atoms with Crippen LogP contribution in [0.2, 0.25) is 0 Å². The molecule has 2 heterocycles. The topological polar surface area (TPSA) is 63.9 Å². The van der Waals surface area contributed by atoms with Gasteiger partial charge in [-0.25, -0.2) is 4.98 Å². The maximum atomic E-state index is 5.39. The number of piperidine rings is 1. The van der Waals surface area contributed by atoms with E-state index in [1.165, 1.54) is 0 Å². The summed E-state index contributed by atoms with van der Waals surface area (Å²) in [5, 5.41) is 3.48. The number of aliphatic imine (C=N–C) groups is 1. The molecule has 0 saturated carbocycles. The van der Waals surface area contributed by atoms with Gasteiger partial charge >= 0.3 is 0 Å². The molecule has 1 saturated heterocycles. The first-order valence-electron chi connectivity index (χ1n) is 9.30. The quantitative estimate of drug-likeness (QED) is 0.646. The van der Waals surface area contributed by atoms with Gasteiger partial charge < -0.3 is 24.3 Å². The van der Waals surface area contributed by atoms with Crippen LogP contribution in [0.1, 0.15) is 24.9 Å². The van der Waals surface area contributed by atoms with Gasteiger partial charge in [-0.05, 0) is 30.0 Å². The molecule has 146 valence electrons. The summed E-state index contributed by atoms with van der Waals surface area (Å²) in [5.41, 5.74) is 1.12. The van der Waals surface area contributed by atoms with Crippen LogP contribution in [0.25, 0.3) is 0 Å². The molecule has 0 spiro atoms. The van der Waals surface area contributed by atoms with E-state index in [1.807, 2.05) is 44.0 Å². The third kappa shape index (κ3) is 4.35. The van der Waals surface area contributed by atoms with Gasteiger partial charge in [-0.3, -0.25) is 4.99 Å². The van der Waals surface area contributed by atoms with E-state index >= 15 is 0 Å². The van der Waals surface area contributed by atoms with Gasteiger partial charge in [0, 0.05) is 39.1 Å². The summed E-state index contributed by atoms with van der Waals surface area (Å²) in [7, 11) is 5.13. The summed E-state index contributed by atoms with van der Waals surface area (Å²) in [6.45, 7) is 4.90. The number of aromatic nitrogens is 2. The summed E-state index contributed by atoms with van der Waals surface area (Å²) in [6.07, 6.45) is 6.92. The Morgan fingerprint density at radius 3 is 2.78 bits per heavy atom. The minimum absolute atomic E-state index is 0.404. The highest BCUT2D eigenvalue weighted by molar-refractivity contribution is 5.80. The van der Waals surface area contributed by atoms with E-state index in [9.17, 15) is 0 Å². The summed E-state index contributed by atoms with van der Waals surface area (Å²) >= 11 is 0. The molecule has 2 unspecified atom stereocenters. The van der Waals surface area contributed by atoms with E-state index < -0.39 is 0 Å². The van der Waals surface area contributed by atoms with Gasteiger partial charge in [0.05, 0.1) is 26.6 Å². The maximum absolute atomic E-state index is 5.39. The SMILES string of the molecule is CN=C(NCc1ccc(OC)c(OC)c1)N1CCC(C)C(n2ccnc2)C1. The third-order valence-electron chi connectivity index (χ3n) is 5.24. The monoisotopic (exact) mass is 371 g/mol. The smallest absolute Gasteiger partial charge is 0.193 e. The summed E-state index contributed by atoms with van der Waals surface area (Å²) in [4.78, 5) is 11.0. The van der Waals surface area contributed by atoms with Crippen LogP contribution in [-0.2, 0) is 6.54 Å². The Hall–Kier alpha value is -2.70. The fourth-order valence-corrected chi connectivity index (χ4v) is 3.60. The fraction of sp³-hybridized carbons (Fsp3) is 0.500. The van der Waals surface area contributed by atoms with Gasteiger partial charge in [0.15, 0.2) is 17.5 Å². The van der Waals surface area contributed by atoms with Crippen molar-refractivity contribution in [1.82, 2.24) is 19.8 Å². The minimum Gasteiger partial charge on any atom is -0.493 e. The molecule has 27 heavy (non-hydrogen) atoms. The van der Waals surface area contributed by atoms with Crippen LogP contribution in [0.3, 0.4) is 0 Å². The normalized spacial score (nSPS) is 20.4. The third-order valence-corrected chi connectivity index (χ3v) is 5.24. The second-order valence-electron chi connectivity index (χ2n) is 6.88. The van der Waals surface area contributed by atoms with Crippen molar-refractivity contribution >= 4 is 5.96 Å². The van der Waals surface area contributed by atoms with Crippen molar-refractivity contribution in [2.45, 2.75) is 25.9 Å². The molecule has 7 heteroatoms. The molecule has 0 aliphatic carbocycles. The molecule has 7 nitrogen and oxygen atoms in total. The van der Waals surface area contributed by atoms with Crippen LogP contribution in [0.5, 0.6) is 11.5 Å². The van der Waals surface area contributed by atoms with Gasteiger partial charge in [-0.15, -0.1) is 0 Å². The zero-order chi connectivity index (χ0) is 19.2. The number of likely N-dealkylation sites (tertiary alicyclic amines) is 1. The van der Waals surface area contributed by atoms with E-state index in [0.29, 0.717) is 18.5 Å². The molecule has 2 atom stereocenters. The second kappa shape index (κ2) is 8.79. The first-order chi connectivity index (χ1) is 13.2. The van der Waals surface area contributed by atoms with Crippen molar-refractivity contribution in [2.24, 2.45) is 10.9 Å². The second-order valence-corrected chi connectivity index (χ2v) is 6.88. The van der Waals surface area contributed by atoms with Gasteiger partial charge in [-0.2, -0.15) is 0 Å². The highest BCUT2D eigenvalue weighted by atomic mass is 16.5. The number of ether oxygens (including phenoxy) is 2. The summed E-state index contributed by atoms with van der Waals surface area (Å²) in [5.74, 6) is 3.00. The number of guanidine groups is 1. The number of methoxy groups -OCH3 is 2. The summed E-state index contributed by atoms with van der Waals surface area (Å²) < 4.78 is 12.9. The zero-order valence-electron chi connectivity index (χ0n) is 16.6. The van der Waals surface area contributed by atoms with Crippen LogP contribution in [0.15, 0.2) is 41.9 Å². The average molecular weight is 371 g/mol. The number of rotatable bonds is 5. The summed E-state index contributed by atoms with van der Waals surface area (Å²) in [6, 6.07) is 6.36. The van der Waals surface area contributed by atoms with Crippen molar-refractivity contribution in [3.8, 4) is 11.5 Å². The Balaban J connectivity index is 1.65. The molecule has 3 rings (SSSR count). The number of hydrogen-bond acceptors (Lipinski definition) is 4. The number of imidazole rings is 1. The number of nitrogens with zero attached hydrogens (tertiary/aromatic N) is 4. The Kier molecular flexibility index (Phi) is 6.21. The van der Waals surface area contributed by atoms with Crippen molar-refractivity contribution < 1.29 is 9.47 Å². The van der Waals surface area contributed by atoms with Crippen LogP contribution in [-0.4, -0.2) is 54.8 Å². The Morgan fingerprint density at radius 1 is 1.30 bits per heavy atom. The maximum Gasteiger partial charge on any atom is 0.193 e. The van der Waals surface area contributed by atoms with Crippen molar-refractivity contribution in [3.05, 3.63) is 42.5 Å². The molecule has 0 amide bonds. The molecule has 1 aliphatic rings. The van der Waals surface area contributed by atoms with Crippen molar-refractivity contribution in [3.63, 3.8) is 0 Å². The number of hydrogen-bond donors (Lipinski definition) is 1.